The summed E-state index contributed by atoms with van der Waals surface area (Å²) in [5, 5.41) is 2.39. The Hall–Kier alpha value is -3.31. The summed E-state index contributed by atoms with van der Waals surface area (Å²) in [6.07, 6.45) is 8.29. The summed E-state index contributed by atoms with van der Waals surface area (Å²) in [5.74, 6) is 6.03. The van der Waals surface area contributed by atoms with Gasteiger partial charge in [0.15, 0.2) is 0 Å². The van der Waals surface area contributed by atoms with E-state index in [9.17, 15) is 4.39 Å². The highest BCUT2D eigenvalue weighted by Crippen LogP contribution is 2.29. The molecular weight excluding hydrogens is 425 g/mol. The molecule has 164 valence electrons. The van der Waals surface area contributed by atoms with Crippen molar-refractivity contribution in [3.8, 4) is 23.0 Å². The monoisotopic (exact) mass is 451 g/mol. The first-order chi connectivity index (χ1) is 16.2. The number of halogens is 1. The van der Waals surface area contributed by atoms with Crippen LogP contribution in [0.25, 0.3) is 17.2 Å². The number of nitrogens with zero attached hydrogens (tertiary/aromatic N) is 1. The van der Waals surface area contributed by atoms with Crippen LogP contribution in [0.1, 0.15) is 54.9 Å². The minimum absolute atomic E-state index is 0.222. The zero-order chi connectivity index (χ0) is 23.0. The number of benzene rings is 3. The summed E-state index contributed by atoms with van der Waals surface area (Å²) in [6.45, 7) is 2.18. The van der Waals surface area contributed by atoms with Gasteiger partial charge in [0, 0.05) is 5.57 Å². The van der Waals surface area contributed by atoms with Crippen molar-refractivity contribution in [1.82, 2.24) is 0 Å². The average Bonchev–Trinajstić information content (AvgIpc) is 2.84. The first kappa shape index (κ1) is 22.9. The van der Waals surface area contributed by atoms with Gasteiger partial charge in [-0.2, -0.15) is 4.99 Å². The first-order valence-corrected chi connectivity index (χ1v) is 11.9. The Bertz CT molecular complexity index is 1290. The highest BCUT2D eigenvalue weighted by Gasteiger charge is 2.11. The fourth-order valence-corrected chi connectivity index (χ4v) is 4.20. The summed E-state index contributed by atoms with van der Waals surface area (Å²) in [7, 11) is 0. The zero-order valence-electron chi connectivity index (χ0n) is 18.8. The van der Waals surface area contributed by atoms with E-state index >= 15 is 0 Å². The third-order valence-corrected chi connectivity index (χ3v) is 6.06. The van der Waals surface area contributed by atoms with E-state index in [1.807, 2.05) is 36.4 Å². The van der Waals surface area contributed by atoms with Gasteiger partial charge in [0.2, 0.25) is 0 Å². The summed E-state index contributed by atoms with van der Waals surface area (Å²) in [5.41, 5.74) is 8.18. The smallest absolute Gasteiger partial charge is 0.139 e. The number of isothiocyanates is 1. The van der Waals surface area contributed by atoms with Gasteiger partial charge >= 0.3 is 0 Å². The highest BCUT2D eigenvalue weighted by molar-refractivity contribution is 7.78. The Morgan fingerprint density at radius 3 is 2.48 bits per heavy atom. The second-order valence-electron chi connectivity index (χ2n) is 8.35. The number of thiocarbonyl (C=S) groups is 1. The average molecular weight is 452 g/mol. The molecule has 0 unspecified atom stereocenters. The van der Waals surface area contributed by atoms with Gasteiger partial charge in [0.1, 0.15) is 5.82 Å². The van der Waals surface area contributed by atoms with Crippen molar-refractivity contribution in [3.05, 3.63) is 94.3 Å². The molecule has 0 heterocycles. The molecule has 0 bridgehead atoms. The number of hydrogen-bond acceptors (Lipinski definition) is 2. The fraction of sp³-hybridized carbons (Fsp3) is 0.233. The minimum Gasteiger partial charge on any atom is -0.206 e. The van der Waals surface area contributed by atoms with E-state index < -0.39 is 0 Å². The molecule has 0 saturated carbocycles. The van der Waals surface area contributed by atoms with Crippen molar-refractivity contribution in [2.24, 2.45) is 4.99 Å². The van der Waals surface area contributed by atoms with E-state index in [0.717, 1.165) is 48.1 Å². The van der Waals surface area contributed by atoms with Crippen LogP contribution in [0.15, 0.2) is 71.2 Å². The lowest BCUT2D eigenvalue weighted by Gasteiger charge is -2.15. The van der Waals surface area contributed by atoms with Crippen molar-refractivity contribution < 1.29 is 4.39 Å². The topological polar surface area (TPSA) is 12.4 Å². The van der Waals surface area contributed by atoms with Crippen molar-refractivity contribution >= 4 is 29.1 Å². The zero-order valence-corrected chi connectivity index (χ0v) is 19.6. The number of fused-ring (bicyclic) bond motifs is 1. The maximum atomic E-state index is 14.5. The fourth-order valence-electron chi connectivity index (χ4n) is 4.09. The molecule has 0 aromatic heterocycles. The molecule has 4 rings (SSSR count). The molecule has 3 heteroatoms. The van der Waals surface area contributed by atoms with Gasteiger partial charge < -0.3 is 0 Å². The van der Waals surface area contributed by atoms with E-state index in [1.165, 1.54) is 29.5 Å². The van der Waals surface area contributed by atoms with Crippen LogP contribution in [0.5, 0.6) is 0 Å². The van der Waals surface area contributed by atoms with E-state index in [2.05, 4.69) is 65.4 Å². The maximum absolute atomic E-state index is 14.5. The molecule has 0 amide bonds. The van der Waals surface area contributed by atoms with Crippen LogP contribution in [0.2, 0.25) is 0 Å². The molecule has 33 heavy (non-hydrogen) atoms. The molecule has 0 aliphatic heterocycles. The number of aliphatic imine (C=N–C) groups is 1. The number of allylic oxidation sites excluding steroid dienone is 1. The third-order valence-electron chi connectivity index (χ3n) is 5.97. The molecule has 0 N–H and O–H groups in total. The van der Waals surface area contributed by atoms with Crippen LogP contribution >= 0.6 is 12.2 Å². The standard InChI is InChI=1S/C30H26FNS/c1-2-3-4-5-22-6-9-25(30(31)19-22)10-7-23-8-11-28-20-27(13-12-26(28)18-23)24-14-16-29(17-15-24)32-21-33/h6,9,12-20H,2-5,8,11H2,1H3. The SMILES string of the molecule is CCCCCc1ccc(C#CC2=Cc3ccc(-c4ccc(N=C=S)cc4)cc3CC2)c(F)c1. The van der Waals surface area contributed by atoms with Gasteiger partial charge in [-0.3, -0.25) is 0 Å². The Morgan fingerprint density at radius 1 is 0.909 bits per heavy atom. The maximum Gasteiger partial charge on any atom is 0.139 e. The van der Waals surface area contributed by atoms with Gasteiger partial charge in [-0.15, -0.1) is 0 Å². The number of rotatable bonds is 6. The normalized spacial score (nSPS) is 12.1. The Labute approximate surface area is 201 Å². The predicted molar refractivity (Wildman–Crippen MR) is 139 cm³/mol. The largest absolute Gasteiger partial charge is 0.206 e. The molecule has 1 aliphatic carbocycles. The lowest BCUT2D eigenvalue weighted by molar-refractivity contribution is 0.619. The summed E-state index contributed by atoms with van der Waals surface area (Å²) < 4.78 is 14.5. The Morgan fingerprint density at radius 2 is 1.73 bits per heavy atom. The van der Waals surface area contributed by atoms with Gasteiger partial charge in [-0.25, -0.2) is 4.39 Å². The highest BCUT2D eigenvalue weighted by atomic mass is 32.1. The van der Waals surface area contributed by atoms with Crippen molar-refractivity contribution in [2.75, 3.05) is 0 Å². The van der Waals surface area contributed by atoms with Gasteiger partial charge in [-0.05, 0) is 96.1 Å². The van der Waals surface area contributed by atoms with Crippen LogP contribution in [0.3, 0.4) is 0 Å². The first-order valence-electron chi connectivity index (χ1n) is 11.5. The summed E-state index contributed by atoms with van der Waals surface area (Å²) in [4.78, 5) is 4.00. The molecule has 1 aliphatic rings. The molecule has 0 radical (unpaired) electrons. The van der Waals surface area contributed by atoms with E-state index in [-0.39, 0.29) is 5.82 Å². The van der Waals surface area contributed by atoms with Crippen LogP contribution in [-0.2, 0) is 12.8 Å². The Kier molecular flexibility index (Phi) is 7.63. The van der Waals surface area contributed by atoms with E-state index in [0.29, 0.717) is 5.56 Å². The van der Waals surface area contributed by atoms with Crippen LogP contribution < -0.4 is 0 Å². The molecular formula is C30H26FNS. The molecule has 0 saturated heterocycles. The molecule has 1 nitrogen and oxygen atoms in total. The van der Waals surface area contributed by atoms with Crippen molar-refractivity contribution in [3.63, 3.8) is 0 Å². The summed E-state index contributed by atoms with van der Waals surface area (Å²) >= 11 is 4.66. The molecule has 3 aromatic rings. The molecule has 0 fully saturated rings. The van der Waals surface area contributed by atoms with Gasteiger partial charge in [0.05, 0.1) is 16.4 Å². The number of aryl methyl sites for hydroxylation is 2. The lowest BCUT2D eigenvalue weighted by atomic mass is 9.89. The van der Waals surface area contributed by atoms with E-state index in [4.69, 9.17) is 0 Å². The summed E-state index contributed by atoms with van der Waals surface area (Å²) in [6, 6.07) is 19.9. The van der Waals surface area contributed by atoms with Gasteiger partial charge in [-0.1, -0.05) is 68.0 Å². The van der Waals surface area contributed by atoms with Crippen molar-refractivity contribution in [1.29, 1.82) is 0 Å². The van der Waals surface area contributed by atoms with Gasteiger partial charge in [0.25, 0.3) is 0 Å². The third kappa shape index (κ3) is 5.93. The quantitative estimate of drug-likeness (QED) is 0.159. The second kappa shape index (κ2) is 11.0. The molecule has 0 atom stereocenters. The molecule has 0 spiro atoms. The number of unbranched alkanes of at least 4 members (excludes halogenated alkanes) is 2. The van der Waals surface area contributed by atoms with Crippen LogP contribution in [0.4, 0.5) is 10.1 Å². The predicted octanol–water partition coefficient (Wildman–Crippen LogP) is 8.34. The van der Waals surface area contributed by atoms with Crippen molar-refractivity contribution in [2.45, 2.75) is 45.4 Å². The van der Waals surface area contributed by atoms with E-state index in [1.54, 1.807) is 6.07 Å². The minimum atomic E-state index is -0.222. The number of hydrogen-bond donors (Lipinski definition) is 0. The van der Waals surface area contributed by atoms with Crippen LogP contribution in [-0.4, -0.2) is 5.16 Å². The second-order valence-corrected chi connectivity index (χ2v) is 8.54. The molecule has 3 aromatic carbocycles. The van der Waals surface area contributed by atoms with Crippen LogP contribution in [0, 0.1) is 17.7 Å². The Balaban J connectivity index is 1.49. The lowest BCUT2D eigenvalue weighted by Crippen LogP contribution is -1.99.